The van der Waals surface area contributed by atoms with Gasteiger partial charge in [-0.05, 0) is 25.0 Å². The molecule has 110 valence electrons. The predicted molar refractivity (Wildman–Crippen MR) is 88.1 cm³/mol. The fraction of sp³-hybridized carbons (Fsp3) is 0.533. The molecule has 0 saturated carbocycles. The van der Waals surface area contributed by atoms with Crippen LogP contribution < -0.4 is 10.2 Å². The second-order valence-corrected chi connectivity index (χ2v) is 5.69. The Hall–Kier alpha value is -1.12. The maximum absolute atomic E-state index is 11.8. The van der Waals surface area contributed by atoms with E-state index in [-0.39, 0.29) is 5.91 Å². The van der Waals surface area contributed by atoms with E-state index in [0.717, 1.165) is 31.6 Å². The van der Waals surface area contributed by atoms with Crippen molar-refractivity contribution in [2.45, 2.75) is 32.7 Å². The fourth-order valence-electron chi connectivity index (χ4n) is 2.78. The molecule has 5 heteroatoms. The van der Waals surface area contributed by atoms with Gasteiger partial charge in [0.2, 0.25) is 5.91 Å². The number of hydrogen-bond donors (Lipinski definition) is 1. The molecule has 2 aliphatic rings. The van der Waals surface area contributed by atoms with Crippen molar-refractivity contribution in [2.24, 2.45) is 0 Å². The molecule has 1 N–H and O–H groups in total. The highest BCUT2D eigenvalue weighted by Gasteiger charge is 2.29. The minimum atomic E-state index is 0.0991. The first-order valence-corrected chi connectivity index (χ1v) is 7.91. The number of nitrogens with one attached hydrogen (secondary N) is 1. The Morgan fingerprint density at radius 3 is 2.55 bits per heavy atom. The molecule has 1 atom stereocenters. The SMILES string of the molecule is CC.O=C1CN(C2CCN(P)CC2)c2ccccc2N1. The van der Waals surface area contributed by atoms with Gasteiger partial charge in [0.05, 0.1) is 17.9 Å². The molecule has 1 fully saturated rings. The van der Waals surface area contributed by atoms with Gasteiger partial charge in [0.15, 0.2) is 0 Å². The summed E-state index contributed by atoms with van der Waals surface area (Å²) in [5.74, 6) is 0.0991. The number of amides is 1. The molecule has 0 bridgehead atoms. The zero-order chi connectivity index (χ0) is 14.5. The number of carbonyl (C=O) groups excluding carboxylic acids is 1. The smallest absolute Gasteiger partial charge is 0.243 e. The lowest BCUT2D eigenvalue weighted by Gasteiger charge is -2.41. The monoisotopic (exact) mass is 293 g/mol. The van der Waals surface area contributed by atoms with Gasteiger partial charge in [-0.3, -0.25) is 9.46 Å². The summed E-state index contributed by atoms with van der Waals surface area (Å²) in [6.07, 6.45) is 2.23. The lowest BCUT2D eigenvalue weighted by molar-refractivity contribution is -0.115. The van der Waals surface area contributed by atoms with E-state index in [1.165, 1.54) is 5.69 Å². The van der Waals surface area contributed by atoms with Gasteiger partial charge in [0.25, 0.3) is 0 Å². The molecule has 0 spiro atoms. The molecule has 0 aliphatic carbocycles. The van der Waals surface area contributed by atoms with Crippen molar-refractivity contribution in [3.05, 3.63) is 24.3 Å². The van der Waals surface area contributed by atoms with E-state index >= 15 is 0 Å². The topological polar surface area (TPSA) is 35.6 Å². The maximum Gasteiger partial charge on any atom is 0.243 e. The molecule has 1 amide bonds. The second kappa shape index (κ2) is 7.05. The number of piperidine rings is 1. The van der Waals surface area contributed by atoms with E-state index < -0.39 is 0 Å². The van der Waals surface area contributed by atoms with Crippen molar-refractivity contribution in [2.75, 3.05) is 29.9 Å². The van der Waals surface area contributed by atoms with Crippen LogP contribution in [0.4, 0.5) is 11.4 Å². The Balaban J connectivity index is 0.000000704. The summed E-state index contributed by atoms with van der Waals surface area (Å²) in [7, 11) is 2.76. The maximum atomic E-state index is 11.8. The van der Waals surface area contributed by atoms with Crippen LogP contribution in [0.25, 0.3) is 0 Å². The van der Waals surface area contributed by atoms with Gasteiger partial charge in [0.1, 0.15) is 0 Å². The third-order valence-electron chi connectivity index (χ3n) is 3.74. The van der Waals surface area contributed by atoms with Crippen LogP contribution in [0.5, 0.6) is 0 Å². The Morgan fingerprint density at radius 1 is 1.20 bits per heavy atom. The molecule has 0 radical (unpaired) electrons. The predicted octanol–water partition coefficient (Wildman–Crippen LogP) is 2.73. The van der Waals surface area contributed by atoms with Crippen LogP contribution in [0.3, 0.4) is 0 Å². The quantitative estimate of drug-likeness (QED) is 0.809. The summed E-state index contributed by atoms with van der Waals surface area (Å²) in [5, 5.41) is 2.94. The van der Waals surface area contributed by atoms with Crippen LogP contribution in [0.2, 0.25) is 0 Å². The molecule has 1 aromatic carbocycles. The minimum absolute atomic E-state index is 0.0991. The van der Waals surface area contributed by atoms with E-state index in [0.29, 0.717) is 12.6 Å². The molecule has 1 saturated heterocycles. The highest BCUT2D eigenvalue weighted by molar-refractivity contribution is 7.13. The van der Waals surface area contributed by atoms with Crippen LogP contribution >= 0.6 is 9.39 Å². The number of benzene rings is 1. The summed E-state index contributed by atoms with van der Waals surface area (Å²) in [5.41, 5.74) is 2.11. The van der Waals surface area contributed by atoms with E-state index in [2.05, 4.69) is 30.3 Å². The fourth-order valence-corrected chi connectivity index (χ4v) is 3.08. The van der Waals surface area contributed by atoms with Gasteiger partial charge >= 0.3 is 0 Å². The molecular weight excluding hydrogens is 269 g/mol. The van der Waals surface area contributed by atoms with Crippen molar-refractivity contribution < 1.29 is 4.79 Å². The zero-order valence-electron chi connectivity index (χ0n) is 12.3. The average Bonchev–Trinajstić information content (AvgIpc) is 2.49. The van der Waals surface area contributed by atoms with Crippen LogP contribution in [-0.4, -0.2) is 36.3 Å². The summed E-state index contributed by atoms with van der Waals surface area (Å²) < 4.78 is 2.27. The van der Waals surface area contributed by atoms with Gasteiger partial charge in [-0.2, -0.15) is 0 Å². The molecule has 20 heavy (non-hydrogen) atoms. The third-order valence-corrected chi connectivity index (χ3v) is 4.26. The Bertz CT molecular complexity index is 458. The molecular formula is C15H24N3OP. The van der Waals surface area contributed by atoms with Crippen LogP contribution in [-0.2, 0) is 4.79 Å². The first-order chi connectivity index (χ1) is 9.74. The Morgan fingerprint density at radius 2 is 1.85 bits per heavy atom. The Kier molecular flexibility index (Phi) is 5.38. The largest absolute Gasteiger partial charge is 0.357 e. The van der Waals surface area contributed by atoms with Crippen molar-refractivity contribution in [3.63, 3.8) is 0 Å². The van der Waals surface area contributed by atoms with Crippen LogP contribution in [0.15, 0.2) is 24.3 Å². The number of nitrogens with zero attached hydrogens (tertiary/aromatic N) is 2. The number of rotatable bonds is 1. The van der Waals surface area contributed by atoms with Gasteiger partial charge < -0.3 is 10.2 Å². The Labute approximate surface area is 123 Å². The van der Waals surface area contributed by atoms with Gasteiger partial charge in [-0.25, -0.2) is 0 Å². The first kappa shape index (κ1) is 15.3. The molecule has 2 heterocycles. The lowest BCUT2D eigenvalue weighted by Crippen LogP contribution is -2.48. The van der Waals surface area contributed by atoms with E-state index in [1.807, 2.05) is 32.0 Å². The summed E-state index contributed by atoms with van der Waals surface area (Å²) in [6, 6.07) is 8.56. The van der Waals surface area contributed by atoms with E-state index in [9.17, 15) is 4.79 Å². The number of anilines is 2. The van der Waals surface area contributed by atoms with Crippen molar-refractivity contribution >= 4 is 26.7 Å². The summed E-state index contributed by atoms with van der Waals surface area (Å²) >= 11 is 0. The van der Waals surface area contributed by atoms with Crippen molar-refractivity contribution in [1.82, 2.24) is 4.67 Å². The number of hydrogen-bond acceptors (Lipinski definition) is 3. The van der Waals surface area contributed by atoms with Crippen molar-refractivity contribution in [3.8, 4) is 0 Å². The van der Waals surface area contributed by atoms with Crippen molar-refractivity contribution in [1.29, 1.82) is 0 Å². The number of fused-ring (bicyclic) bond motifs is 1. The van der Waals surface area contributed by atoms with E-state index in [1.54, 1.807) is 0 Å². The third kappa shape index (κ3) is 3.31. The minimum Gasteiger partial charge on any atom is -0.357 e. The molecule has 2 aliphatic heterocycles. The van der Waals surface area contributed by atoms with Gasteiger partial charge in [0, 0.05) is 19.1 Å². The molecule has 1 aromatic rings. The highest BCUT2D eigenvalue weighted by Crippen LogP contribution is 2.33. The normalized spacial score (nSPS) is 19.8. The van der Waals surface area contributed by atoms with Crippen LogP contribution in [0, 0.1) is 0 Å². The molecule has 3 rings (SSSR count). The van der Waals surface area contributed by atoms with Crippen LogP contribution in [0.1, 0.15) is 26.7 Å². The standard InChI is InChI=1S/C13H18N3OP.C2H6/c17-13-9-16(10-5-7-15(18)8-6-10)12-4-2-1-3-11(12)14-13;1-2/h1-4,10H,5-9,18H2,(H,14,17);1-2H3. The zero-order valence-corrected chi connectivity index (χ0v) is 13.5. The number of carbonyl (C=O) groups is 1. The number of para-hydroxylation sites is 2. The second-order valence-electron chi connectivity index (χ2n) is 4.96. The molecule has 4 nitrogen and oxygen atoms in total. The summed E-state index contributed by atoms with van der Waals surface area (Å²) in [4.78, 5) is 14.0. The summed E-state index contributed by atoms with van der Waals surface area (Å²) in [6.45, 7) is 6.64. The van der Waals surface area contributed by atoms with Gasteiger partial charge in [-0.15, -0.1) is 0 Å². The first-order valence-electron chi connectivity index (χ1n) is 7.39. The average molecular weight is 293 g/mol. The lowest BCUT2D eigenvalue weighted by atomic mass is 10.0. The highest BCUT2D eigenvalue weighted by atomic mass is 31.0. The van der Waals surface area contributed by atoms with Gasteiger partial charge in [-0.1, -0.05) is 35.4 Å². The molecule has 1 unspecified atom stereocenters. The molecule has 0 aromatic heterocycles. The van der Waals surface area contributed by atoms with E-state index in [4.69, 9.17) is 0 Å².